The highest BCUT2D eigenvalue weighted by Gasteiger charge is 2.22. The van der Waals surface area contributed by atoms with Gasteiger partial charge in [-0.05, 0) is 36.8 Å². The van der Waals surface area contributed by atoms with Gasteiger partial charge in [0.1, 0.15) is 11.9 Å². The molecule has 3 N–H and O–H groups in total. The highest BCUT2D eigenvalue weighted by Crippen LogP contribution is 2.25. The number of nitrogens with one attached hydrogen (secondary N) is 1. The van der Waals surface area contributed by atoms with Crippen molar-refractivity contribution in [2.45, 2.75) is 32.7 Å². The fourth-order valence-corrected chi connectivity index (χ4v) is 3.47. The number of benzene rings is 1. The van der Waals surface area contributed by atoms with Crippen LogP contribution in [0.25, 0.3) is 10.9 Å². The lowest BCUT2D eigenvalue weighted by atomic mass is 10.1. The van der Waals surface area contributed by atoms with Gasteiger partial charge < -0.3 is 15.2 Å². The van der Waals surface area contributed by atoms with Gasteiger partial charge in [-0.25, -0.2) is 4.39 Å². The summed E-state index contributed by atoms with van der Waals surface area (Å²) in [6.45, 7) is 4.72. The molecule has 3 aromatic rings. The monoisotopic (exact) mass is 344 g/mol. The number of hydrogen-bond acceptors (Lipinski definition) is 4. The molecule has 0 bridgehead atoms. The molecule has 0 saturated heterocycles. The lowest BCUT2D eigenvalue weighted by Gasteiger charge is -2.27. The van der Waals surface area contributed by atoms with Gasteiger partial charge in [-0.15, -0.1) is 0 Å². The summed E-state index contributed by atoms with van der Waals surface area (Å²) < 4.78 is 15.4. The number of nitrogens with zero attached hydrogens (tertiary/aromatic N) is 3. The molecule has 0 radical (unpaired) electrons. The van der Waals surface area contributed by atoms with Crippen LogP contribution in [0.1, 0.15) is 28.7 Å². The predicted molar refractivity (Wildman–Crippen MR) is 91.4 cm³/mol. The van der Waals surface area contributed by atoms with E-state index in [-0.39, 0.29) is 12.4 Å². The summed E-state index contributed by atoms with van der Waals surface area (Å²) in [7, 11) is 0. The van der Waals surface area contributed by atoms with Crippen molar-refractivity contribution in [2.24, 2.45) is 0 Å². The van der Waals surface area contributed by atoms with Crippen molar-refractivity contribution in [3.63, 3.8) is 0 Å². The molecule has 1 atom stereocenters. The number of fused-ring (bicyclic) bond motifs is 2. The van der Waals surface area contributed by atoms with E-state index in [1.54, 1.807) is 12.1 Å². The standard InChI is InChI=1S/C18H21FN4O2/c1-11-14-6-12(19)2-3-15(14)20-17(11)9-22-4-5-23-13(8-22)7-16(21-23)18(25)10-24/h2-3,6-7,18,20,24-25H,4-5,8-10H2,1H3. The van der Waals surface area contributed by atoms with Crippen LogP contribution in [0.5, 0.6) is 0 Å². The van der Waals surface area contributed by atoms with Gasteiger partial charge in [-0.3, -0.25) is 9.58 Å². The van der Waals surface area contributed by atoms with Crippen molar-refractivity contribution < 1.29 is 14.6 Å². The summed E-state index contributed by atoms with van der Waals surface area (Å²) in [5.74, 6) is -0.224. The van der Waals surface area contributed by atoms with Crippen LogP contribution in [-0.2, 0) is 19.6 Å². The Hall–Kier alpha value is -2.22. The van der Waals surface area contributed by atoms with Crippen molar-refractivity contribution in [3.8, 4) is 0 Å². The molecule has 0 fully saturated rings. The van der Waals surface area contributed by atoms with Crippen LogP contribution in [-0.4, -0.2) is 43.0 Å². The third-order valence-electron chi connectivity index (χ3n) is 4.92. The summed E-state index contributed by atoms with van der Waals surface area (Å²) in [6.07, 6.45) is -0.933. The smallest absolute Gasteiger partial charge is 0.123 e. The fraction of sp³-hybridized carbons (Fsp3) is 0.389. The molecule has 3 heterocycles. The van der Waals surface area contributed by atoms with Crippen LogP contribution in [0.15, 0.2) is 24.3 Å². The molecule has 4 rings (SSSR count). The Morgan fingerprint density at radius 1 is 1.32 bits per heavy atom. The van der Waals surface area contributed by atoms with Crippen LogP contribution >= 0.6 is 0 Å². The minimum absolute atomic E-state index is 0.224. The van der Waals surface area contributed by atoms with Crippen LogP contribution in [0, 0.1) is 12.7 Å². The van der Waals surface area contributed by atoms with Gasteiger partial charge in [0.2, 0.25) is 0 Å². The van der Waals surface area contributed by atoms with E-state index in [4.69, 9.17) is 5.11 Å². The second-order valence-corrected chi connectivity index (χ2v) is 6.61. The Balaban J connectivity index is 1.55. The summed E-state index contributed by atoms with van der Waals surface area (Å²) in [6, 6.07) is 6.66. The number of aromatic nitrogens is 3. The van der Waals surface area contributed by atoms with Crippen molar-refractivity contribution in [3.05, 3.63) is 52.7 Å². The van der Waals surface area contributed by atoms with Gasteiger partial charge in [-0.2, -0.15) is 5.10 Å². The Bertz CT molecular complexity index is 917. The number of H-pyrrole nitrogens is 1. The van der Waals surface area contributed by atoms with Crippen LogP contribution in [0.4, 0.5) is 4.39 Å². The summed E-state index contributed by atoms with van der Waals surface area (Å²) in [4.78, 5) is 5.68. The largest absolute Gasteiger partial charge is 0.393 e. The average Bonchev–Trinajstić information content (AvgIpc) is 3.16. The van der Waals surface area contributed by atoms with Gasteiger partial charge >= 0.3 is 0 Å². The quantitative estimate of drug-likeness (QED) is 0.675. The van der Waals surface area contributed by atoms with Crippen LogP contribution in [0.2, 0.25) is 0 Å². The van der Waals surface area contributed by atoms with Gasteiger partial charge in [0.25, 0.3) is 0 Å². The number of aliphatic hydroxyl groups excluding tert-OH is 2. The molecule has 2 aromatic heterocycles. The van der Waals surface area contributed by atoms with E-state index in [1.165, 1.54) is 6.07 Å². The third-order valence-corrected chi connectivity index (χ3v) is 4.92. The Kier molecular flexibility index (Phi) is 4.07. The number of halogens is 1. The number of aromatic amines is 1. The van der Waals surface area contributed by atoms with Crippen LogP contribution < -0.4 is 0 Å². The maximum absolute atomic E-state index is 13.5. The summed E-state index contributed by atoms with van der Waals surface area (Å²) in [5.41, 5.74) is 4.64. The van der Waals surface area contributed by atoms with Gasteiger partial charge in [-0.1, -0.05) is 0 Å². The number of rotatable bonds is 4. The molecule has 1 aliphatic rings. The van der Waals surface area contributed by atoms with Gasteiger partial charge in [0.05, 0.1) is 24.5 Å². The molecule has 25 heavy (non-hydrogen) atoms. The van der Waals surface area contributed by atoms with Crippen molar-refractivity contribution in [1.29, 1.82) is 0 Å². The Morgan fingerprint density at radius 3 is 2.96 bits per heavy atom. The highest BCUT2D eigenvalue weighted by atomic mass is 19.1. The number of aryl methyl sites for hydroxylation is 1. The SMILES string of the molecule is Cc1c(CN2CCn3nc(C(O)CO)cc3C2)[nH]c2ccc(F)cc12. The first-order valence-corrected chi connectivity index (χ1v) is 8.39. The van der Waals surface area contributed by atoms with E-state index in [0.717, 1.165) is 47.5 Å². The summed E-state index contributed by atoms with van der Waals surface area (Å²) >= 11 is 0. The first-order valence-electron chi connectivity index (χ1n) is 8.39. The molecular formula is C18H21FN4O2. The zero-order valence-corrected chi connectivity index (χ0v) is 14.0. The van der Waals surface area contributed by atoms with E-state index in [9.17, 15) is 9.50 Å². The topological polar surface area (TPSA) is 77.3 Å². The van der Waals surface area contributed by atoms with Crippen LogP contribution in [0.3, 0.4) is 0 Å². The van der Waals surface area contributed by atoms with E-state index in [1.807, 2.05) is 17.7 Å². The van der Waals surface area contributed by atoms with Gasteiger partial charge in [0, 0.05) is 36.2 Å². The summed E-state index contributed by atoms with van der Waals surface area (Å²) in [5, 5.41) is 24.1. The first-order chi connectivity index (χ1) is 12.0. The zero-order chi connectivity index (χ0) is 17.6. The number of hydrogen-bond donors (Lipinski definition) is 3. The van der Waals surface area contributed by atoms with E-state index < -0.39 is 6.10 Å². The predicted octanol–water partition coefficient (Wildman–Crippen LogP) is 1.85. The molecule has 0 spiro atoms. The van der Waals surface area contributed by atoms with Crippen molar-refractivity contribution in [1.82, 2.24) is 19.7 Å². The molecule has 7 heteroatoms. The fourth-order valence-electron chi connectivity index (χ4n) is 3.47. The minimum atomic E-state index is -0.933. The highest BCUT2D eigenvalue weighted by molar-refractivity contribution is 5.84. The van der Waals surface area contributed by atoms with Crippen molar-refractivity contribution in [2.75, 3.05) is 13.2 Å². The first kappa shape index (κ1) is 16.3. The maximum Gasteiger partial charge on any atom is 0.123 e. The molecule has 0 amide bonds. The molecule has 6 nitrogen and oxygen atoms in total. The van der Waals surface area contributed by atoms with E-state index >= 15 is 0 Å². The Labute approximate surface area is 144 Å². The lowest BCUT2D eigenvalue weighted by molar-refractivity contribution is 0.0915. The molecule has 0 aliphatic carbocycles. The molecule has 0 saturated carbocycles. The Morgan fingerprint density at radius 2 is 2.16 bits per heavy atom. The van der Waals surface area contributed by atoms with E-state index in [0.29, 0.717) is 12.2 Å². The second kappa shape index (κ2) is 6.25. The average molecular weight is 344 g/mol. The maximum atomic E-state index is 13.5. The molecule has 1 unspecified atom stereocenters. The zero-order valence-electron chi connectivity index (χ0n) is 14.0. The lowest BCUT2D eigenvalue weighted by Crippen LogP contribution is -2.33. The van der Waals surface area contributed by atoms with Gasteiger partial charge in [0.15, 0.2) is 0 Å². The molecule has 1 aromatic carbocycles. The minimum Gasteiger partial charge on any atom is -0.393 e. The molecule has 1 aliphatic heterocycles. The third kappa shape index (κ3) is 2.95. The normalized spacial score (nSPS) is 16.3. The second-order valence-electron chi connectivity index (χ2n) is 6.61. The van der Waals surface area contributed by atoms with Crippen molar-refractivity contribution >= 4 is 10.9 Å². The molecule has 132 valence electrons. The number of aliphatic hydroxyl groups is 2. The molecular weight excluding hydrogens is 323 g/mol. The van der Waals surface area contributed by atoms with E-state index in [2.05, 4.69) is 15.0 Å².